The fraction of sp³-hybridized carbons (Fsp3) is 0.571. The summed E-state index contributed by atoms with van der Waals surface area (Å²) in [5.74, 6) is -0.973. The van der Waals surface area contributed by atoms with Gasteiger partial charge in [-0.3, -0.25) is 5.32 Å². The standard InChI is InChI=1S/C14H20FNO/c1-9(2)8-14(15)13-5-4-12(17)7-11(13)6-10(3)16-14/h4-5,7,9-10,16-17H,6,8H2,1-3H3. The Hall–Kier alpha value is -1.09. The van der Waals surface area contributed by atoms with E-state index in [0.29, 0.717) is 12.0 Å². The van der Waals surface area contributed by atoms with Gasteiger partial charge in [0, 0.05) is 18.0 Å². The van der Waals surface area contributed by atoms with E-state index in [2.05, 4.69) is 5.32 Å². The summed E-state index contributed by atoms with van der Waals surface area (Å²) in [4.78, 5) is 0. The Morgan fingerprint density at radius 3 is 2.88 bits per heavy atom. The molecular weight excluding hydrogens is 217 g/mol. The van der Waals surface area contributed by atoms with Crippen LogP contribution in [0, 0.1) is 5.92 Å². The lowest BCUT2D eigenvalue weighted by Crippen LogP contribution is -2.49. The first-order valence-corrected chi connectivity index (χ1v) is 6.19. The third-order valence-electron chi connectivity index (χ3n) is 3.21. The zero-order valence-corrected chi connectivity index (χ0v) is 10.6. The second-order valence-corrected chi connectivity index (χ2v) is 5.49. The quantitative estimate of drug-likeness (QED) is 0.775. The predicted octanol–water partition coefficient (Wildman–Crippen LogP) is 3.09. The molecule has 0 spiro atoms. The number of phenols is 1. The first kappa shape index (κ1) is 12.4. The molecule has 2 atom stereocenters. The highest BCUT2D eigenvalue weighted by Crippen LogP contribution is 2.38. The number of hydrogen-bond acceptors (Lipinski definition) is 2. The minimum atomic E-state index is -1.46. The Morgan fingerprint density at radius 1 is 1.53 bits per heavy atom. The topological polar surface area (TPSA) is 32.3 Å². The van der Waals surface area contributed by atoms with E-state index in [1.54, 1.807) is 18.2 Å². The summed E-state index contributed by atoms with van der Waals surface area (Å²) in [5.41, 5.74) is 1.60. The molecule has 1 aliphatic rings. The Balaban J connectivity index is 2.43. The number of alkyl halides is 1. The van der Waals surface area contributed by atoms with Gasteiger partial charge in [-0.15, -0.1) is 0 Å². The summed E-state index contributed by atoms with van der Waals surface area (Å²) < 4.78 is 15.0. The third-order valence-corrected chi connectivity index (χ3v) is 3.21. The van der Waals surface area contributed by atoms with Crippen LogP contribution in [-0.2, 0) is 12.2 Å². The first-order valence-electron chi connectivity index (χ1n) is 6.19. The fourth-order valence-corrected chi connectivity index (χ4v) is 2.72. The summed E-state index contributed by atoms with van der Waals surface area (Å²) in [6.45, 7) is 6.01. The van der Waals surface area contributed by atoms with Gasteiger partial charge in [0.1, 0.15) is 5.75 Å². The van der Waals surface area contributed by atoms with Crippen LogP contribution in [0.2, 0.25) is 0 Å². The van der Waals surface area contributed by atoms with Gasteiger partial charge in [-0.1, -0.05) is 19.9 Å². The van der Waals surface area contributed by atoms with Gasteiger partial charge in [0.2, 0.25) is 0 Å². The van der Waals surface area contributed by atoms with Crippen LogP contribution in [0.4, 0.5) is 4.39 Å². The number of fused-ring (bicyclic) bond motifs is 1. The molecule has 1 aliphatic heterocycles. The summed E-state index contributed by atoms with van der Waals surface area (Å²) >= 11 is 0. The molecule has 0 saturated carbocycles. The van der Waals surface area contributed by atoms with E-state index < -0.39 is 5.79 Å². The van der Waals surface area contributed by atoms with Gasteiger partial charge < -0.3 is 5.11 Å². The summed E-state index contributed by atoms with van der Waals surface area (Å²) in [6.07, 6.45) is 1.21. The molecule has 2 unspecified atom stereocenters. The van der Waals surface area contributed by atoms with Crippen LogP contribution in [0.3, 0.4) is 0 Å². The van der Waals surface area contributed by atoms with Crippen LogP contribution in [0.5, 0.6) is 5.75 Å². The number of hydrogen-bond donors (Lipinski definition) is 2. The molecule has 0 fully saturated rings. The lowest BCUT2D eigenvalue weighted by Gasteiger charge is -2.38. The van der Waals surface area contributed by atoms with E-state index in [1.165, 1.54) is 0 Å². The summed E-state index contributed by atoms with van der Waals surface area (Å²) in [7, 11) is 0. The fourth-order valence-electron chi connectivity index (χ4n) is 2.72. The van der Waals surface area contributed by atoms with E-state index in [0.717, 1.165) is 12.0 Å². The Morgan fingerprint density at radius 2 is 2.24 bits per heavy atom. The molecule has 0 aliphatic carbocycles. The van der Waals surface area contributed by atoms with Crippen molar-refractivity contribution in [1.82, 2.24) is 5.32 Å². The summed E-state index contributed by atoms with van der Waals surface area (Å²) in [6, 6.07) is 5.03. The van der Waals surface area contributed by atoms with E-state index >= 15 is 4.39 Å². The van der Waals surface area contributed by atoms with Crippen LogP contribution in [0.25, 0.3) is 0 Å². The van der Waals surface area contributed by atoms with Crippen LogP contribution in [0.15, 0.2) is 18.2 Å². The minimum absolute atomic E-state index is 0.0908. The molecular formula is C14H20FNO. The van der Waals surface area contributed by atoms with Crippen LogP contribution in [0.1, 0.15) is 38.3 Å². The van der Waals surface area contributed by atoms with E-state index in [9.17, 15) is 5.11 Å². The number of phenolic OH excluding ortho intramolecular Hbond substituents is 1. The smallest absolute Gasteiger partial charge is 0.188 e. The predicted molar refractivity (Wildman–Crippen MR) is 66.6 cm³/mol. The Kier molecular flexibility index (Phi) is 3.13. The van der Waals surface area contributed by atoms with Crippen molar-refractivity contribution in [3.63, 3.8) is 0 Å². The number of halogens is 1. The molecule has 0 bridgehead atoms. The maximum absolute atomic E-state index is 15.0. The van der Waals surface area contributed by atoms with Crippen molar-refractivity contribution in [2.45, 2.75) is 45.4 Å². The molecule has 17 heavy (non-hydrogen) atoms. The molecule has 0 radical (unpaired) electrons. The molecule has 1 aromatic carbocycles. The normalized spacial score (nSPS) is 28.2. The monoisotopic (exact) mass is 237 g/mol. The SMILES string of the molecule is CC(C)CC1(F)NC(C)Cc2cc(O)ccc21. The van der Waals surface area contributed by atoms with Crippen molar-refractivity contribution in [2.24, 2.45) is 5.92 Å². The van der Waals surface area contributed by atoms with Crippen molar-refractivity contribution >= 4 is 0 Å². The maximum Gasteiger partial charge on any atom is 0.188 e. The van der Waals surface area contributed by atoms with E-state index in [4.69, 9.17) is 0 Å². The van der Waals surface area contributed by atoms with Crippen LogP contribution in [-0.4, -0.2) is 11.1 Å². The van der Waals surface area contributed by atoms with Crippen LogP contribution < -0.4 is 5.32 Å². The highest BCUT2D eigenvalue weighted by atomic mass is 19.1. The number of nitrogens with one attached hydrogen (secondary N) is 1. The number of benzene rings is 1. The van der Waals surface area contributed by atoms with Crippen molar-refractivity contribution < 1.29 is 9.50 Å². The van der Waals surface area contributed by atoms with Gasteiger partial charge in [0.15, 0.2) is 5.79 Å². The van der Waals surface area contributed by atoms with E-state index in [1.807, 2.05) is 20.8 Å². The molecule has 2 rings (SSSR count). The zero-order chi connectivity index (χ0) is 12.6. The van der Waals surface area contributed by atoms with Crippen molar-refractivity contribution in [3.8, 4) is 5.75 Å². The molecule has 0 amide bonds. The largest absolute Gasteiger partial charge is 0.508 e. The highest BCUT2D eigenvalue weighted by molar-refractivity contribution is 5.40. The van der Waals surface area contributed by atoms with E-state index in [-0.39, 0.29) is 17.7 Å². The molecule has 1 heterocycles. The molecule has 0 aromatic heterocycles. The average Bonchev–Trinajstić information content (AvgIpc) is 2.13. The lowest BCUT2D eigenvalue weighted by molar-refractivity contribution is 0.0609. The highest BCUT2D eigenvalue weighted by Gasteiger charge is 2.39. The van der Waals surface area contributed by atoms with Crippen molar-refractivity contribution in [1.29, 1.82) is 0 Å². The van der Waals surface area contributed by atoms with Gasteiger partial charge in [-0.2, -0.15) is 0 Å². The van der Waals surface area contributed by atoms with Gasteiger partial charge in [-0.05, 0) is 37.0 Å². The molecule has 0 saturated heterocycles. The third kappa shape index (κ3) is 2.44. The second-order valence-electron chi connectivity index (χ2n) is 5.49. The van der Waals surface area contributed by atoms with Gasteiger partial charge >= 0.3 is 0 Å². The zero-order valence-electron chi connectivity index (χ0n) is 10.6. The molecule has 2 N–H and O–H groups in total. The maximum atomic E-state index is 15.0. The second kappa shape index (κ2) is 4.30. The Bertz CT molecular complexity index is 419. The van der Waals surface area contributed by atoms with Gasteiger partial charge in [0.05, 0.1) is 0 Å². The molecule has 1 aromatic rings. The molecule has 3 heteroatoms. The van der Waals surface area contributed by atoms with Gasteiger partial charge in [-0.25, -0.2) is 4.39 Å². The summed E-state index contributed by atoms with van der Waals surface area (Å²) in [5, 5.41) is 12.5. The first-order chi connectivity index (χ1) is 7.90. The number of aromatic hydroxyl groups is 1. The Labute approximate surface area is 102 Å². The van der Waals surface area contributed by atoms with Crippen LogP contribution >= 0.6 is 0 Å². The van der Waals surface area contributed by atoms with Crippen molar-refractivity contribution in [2.75, 3.05) is 0 Å². The average molecular weight is 237 g/mol. The lowest BCUT2D eigenvalue weighted by atomic mass is 9.84. The van der Waals surface area contributed by atoms with Crippen molar-refractivity contribution in [3.05, 3.63) is 29.3 Å². The molecule has 94 valence electrons. The molecule has 2 nitrogen and oxygen atoms in total. The minimum Gasteiger partial charge on any atom is -0.508 e. The van der Waals surface area contributed by atoms with Gasteiger partial charge in [0.25, 0.3) is 0 Å². The number of rotatable bonds is 2.